The van der Waals surface area contributed by atoms with Crippen LogP contribution >= 0.6 is 11.6 Å². The Labute approximate surface area is 96.5 Å². The Kier molecular flexibility index (Phi) is 4.85. The highest BCUT2D eigenvalue weighted by Gasteiger charge is 2.04. The second kappa shape index (κ2) is 5.93. The third-order valence-corrected chi connectivity index (χ3v) is 2.46. The first kappa shape index (κ1) is 12.3. The van der Waals surface area contributed by atoms with Gasteiger partial charge in [0.05, 0.1) is 5.02 Å². The number of nitrogens with one attached hydrogen (secondary N) is 1. The molecule has 0 aliphatic carbocycles. The normalized spacial score (nSPS) is 10.4. The highest BCUT2D eigenvalue weighted by Crippen LogP contribution is 2.18. The van der Waals surface area contributed by atoms with Gasteiger partial charge < -0.3 is 10.2 Å². The summed E-state index contributed by atoms with van der Waals surface area (Å²) in [5.74, 6) is 0.938. The van der Waals surface area contributed by atoms with E-state index in [4.69, 9.17) is 11.6 Å². The number of hydrogen-bond donors (Lipinski definition) is 1. The van der Waals surface area contributed by atoms with Gasteiger partial charge in [-0.05, 0) is 24.6 Å². The van der Waals surface area contributed by atoms with Crippen LogP contribution < -0.4 is 10.2 Å². The zero-order chi connectivity index (χ0) is 11.3. The molecule has 84 valence electrons. The lowest BCUT2D eigenvalue weighted by Crippen LogP contribution is -2.16. The Morgan fingerprint density at radius 3 is 2.80 bits per heavy atom. The summed E-state index contributed by atoms with van der Waals surface area (Å²) in [5.41, 5.74) is 1.10. The quantitative estimate of drug-likeness (QED) is 0.783. The fraction of sp³-hybridized carbons (Fsp3) is 0.545. The van der Waals surface area contributed by atoms with E-state index in [2.05, 4.69) is 17.2 Å². The van der Waals surface area contributed by atoms with Crippen molar-refractivity contribution in [2.24, 2.45) is 0 Å². The van der Waals surface area contributed by atoms with Crippen LogP contribution in [-0.4, -0.2) is 25.6 Å². The van der Waals surface area contributed by atoms with Crippen LogP contribution in [0.4, 0.5) is 5.82 Å². The molecule has 1 N–H and O–H groups in total. The molecular formula is C11H18ClN3. The van der Waals surface area contributed by atoms with Crippen molar-refractivity contribution in [2.75, 3.05) is 25.5 Å². The van der Waals surface area contributed by atoms with Crippen LogP contribution in [0.2, 0.25) is 5.02 Å². The van der Waals surface area contributed by atoms with Crippen LogP contribution in [0.5, 0.6) is 0 Å². The maximum atomic E-state index is 6.06. The number of hydrogen-bond acceptors (Lipinski definition) is 3. The molecule has 0 radical (unpaired) electrons. The van der Waals surface area contributed by atoms with Crippen molar-refractivity contribution in [3.05, 3.63) is 22.8 Å². The predicted molar refractivity (Wildman–Crippen MR) is 65.6 cm³/mol. The van der Waals surface area contributed by atoms with Crippen LogP contribution in [0.15, 0.2) is 12.3 Å². The molecule has 0 amide bonds. The molecule has 1 heterocycles. The van der Waals surface area contributed by atoms with Gasteiger partial charge in [0.15, 0.2) is 0 Å². The van der Waals surface area contributed by atoms with Crippen molar-refractivity contribution in [1.29, 1.82) is 0 Å². The summed E-state index contributed by atoms with van der Waals surface area (Å²) in [7, 11) is 3.94. The zero-order valence-corrected chi connectivity index (χ0v) is 10.3. The summed E-state index contributed by atoms with van der Waals surface area (Å²) < 4.78 is 0. The van der Waals surface area contributed by atoms with Gasteiger partial charge in [0, 0.05) is 26.8 Å². The lowest BCUT2D eigenvalue weighted by molar-refractivity contribution is 0.675. The zero-order valence-electron chi connectivity index (χ0n) is 9.55. The van der Waals surface area contributed by atoms with Crippen LogP contribution in [0.25, 0.3) is 0 Å². The molecule has 0 atom stereocenters. The summed E-state index contributed by atoms with van der Waals surface area (Å²) in [6.45, 7) is 3.96. The average molecular weight is 228 g/mol. The van der Waals surface area contributed by atoms with Crippen LogP contribution in [0.1, 0.15) is 18.9 Å². The standard InChI is InChI=1S/C11H18ClN3/c1-4-5-13-7-9-6-11(15(2)3)14-8-10(9)12/h6,8,13H,4-5,7H2,1-3H3. The van der Waals surface area contributed by atoms with E-state index in [1.165, 1.54) is 0 Å². The van der Waals surface area contributed by atoms with E-state index in [1.807, 2.05) is 25.1 Å². The topological polar surface area (TPSA) is 28.2 Å². The van der Waals surface area contributed by atoms with Gasteiger partial charge >= 0.3 is 0 Å². The number of rotatable bonds is 5. The SMILES string of the molecule is CCCNCc1cc(N(C)C)ncc1Cl. The maximum Gasteiger partial charge on any atom is 0.128 e. The molecule has 0 bridgehead atoms. The van der Waals surface area contributed by atoms with Crippen LogP contribution in [0, 0.1) is 0 Å². The van der Waals surface area contributed by atoms with Crippen molar-refractivity contribution in [1.82, 2.24) is 10.3 Å². The average Bonchev–Trinajstić information content (AvgIpc) is 2.20. The second-order valence-electron chi connectivity index (χ2n) is 3.71. The monoisotopic (exact) mass is 227 g/mol. The lowest BCUT2D eigenvalue weighted by atomic mass is 10.2. The van der Waals surface area contributed by atoms with Gasteiger partial charge in [-0.15, -0.1) is 0 Å². The number of anilines is 1. The van der Waals surface area contributed by atoms with Gasteiger partial charge in [-0.1, -0.05) is 18.5 Å². The van der Waals surface area contributed by atoms with E-state index in [0.29, 0.717) is 0 Å². The highest BCUT2D eigenvalue weighted by molar-refractivity contribution is 6.31. The van der Waals surface area contributed by atoms with Gasteiger partial charge in [0.1, 0.15) is 5.82 Å². The summed E-state index contributed by atoms with van der Waals surface area (Å²) in [5, 5.41) is 4.05. The summed E-state index contributed by atoms with van der Waals surface area (Å²) >= 11 is 6.06. The Hall–Kier alpha value is -0.800. The molecule has 0 aromatic carbocycles. The fourth-order valence-corrected chi connectivity index (χ4v) is 1.42. The van der Waals surface area contributed by atoms with E-state index in [1.54, 1.807) is 6.20 Å². The van der Waals surface area contributed by atoms with Gasteiger partial charge in [-0.25, -0.2) is 4.98 Å². The first-order chi connectivity index (χ1) is 7.15. The van der Waals surface area contributed by atoms with E-state index in [-0.39, 0.29) is 0 Å². The number of nitrogens with zero attached hydrogens (tertiary/aromatic N) is 2. The molecule has 1 rings (SSSR count). The lowest BCUT2D eigenvalue weighted by Gasteiger charge is -2.13. The van der Waals surface area contributed by atoms with Crippen molar-refractivity contribution in [3.8, 4) is 0 Å². The Morgan fingerprint density at radius 2 is 2.20 bits per heavy atom. The molecule has 3 nitrogen and oxygen atoms in total. The van der Waals surface area contributed by atoms with E-state index in [9.17, 15) is 0 Å². The minimum Gasteiger partial charge on any atom is -0.363 e. The molecule has 15 heavy (non-hydrogen) atoms. The predicted octanol–water partition coefficient (Wildman–Crippen LogP) is 2.30. The van der Waals surface area contributed by atoms with Gasteiger partial charge in [-0.3, -0.25) is 0 Å². The molecule has 1 aromatic heterocycles. The molecule has 0 aliphatic heterocycles. The van der Waals surface area contributed by atoms with E-state index in [0.717, 1.165) is 35.9 Å². The van der Waals surface area contributed by atoms with E-state index < -0.39 is 0 Å². The minimum absolute atomic E-state index is 0.726. The van der Waals surface area contributed by atoms with Gasteiger partial charge in [0.25, 0.3) is 0 Å². The molecular weight excluding hydrogens is 210 g/mol. The highest BCUT2D eigenvalue weighted by atomic mass is 35.5. The largest absolute Gasteiger partial charge is 0.363 e. The number of aromatic nitrogens is 1. The molecule has 0 aliphatic rings. The summed E-state index contributed by atoms with van der Waals surface area (Å²) in [6, 6.07) is 2.02. The molecule has 1 aromatic rings. The van der Waals surface area contributed by atoms with Crippen molar-refractivity contribution < 1.29 is 0 Å². The summed E-state index contributed by atoms with van der Waals surface area (Å²) in [6.07, 6.45) is 2.84. The first-order valence-corrected chi connectivity index (χ1v) is 5.55. The first-order valence-electron chi connectivity index (χ1n) is 5.17. The minimum atomic E-state index is 0.726. The molecule has 4 heteroatoms. The van der Waals surface area contributed by atoms with E-state index >= 15 is 0 Å². The molecule has 0 unspecified atom stereocenters. The molecule has 0 spiro atoms. The smallest absolute Gasteiger partial charge is 0.128 e. The maximum absolute atomic E-state index is 6.06. The van der Waals surface area contributed by atoms with Crippen molar-refractivity contribution in [3.63, 3.8) is 0 Å². The Bertz CT molecular complexity index is 313. The van der Waals surface area contributed by atoms with Crippen LogP contribution in [0.3, 0.4) is 0 Å². The fourth-order valence-electron chi connectivity index (χ4n) is 1.25. The number of halogens is 1. The Morgan fingerprint density at radius 1 is 1.47 bits per heavy atom. The third-order valence-electron chi connectivity index (χ3n) is 2.12. The molecule has 0 saturated heterocycles. The Balaban J connectivity index is 2.72. The van der Waals surface area contributed by atoms with Gasteiger partial charge in [-0.2, -0.15) is 0 Å². The molecule has 0 fully saturated rings. The number of pyridine rings is 1. The summed E-state index contributed by atoms with van der Waals surface area (Å²) in [4.78, 5) is 6.20. The van der Waals surface area contributed by atoms with Crippen molar-refractivity contribution in [2.45, 2.75) is 19.9 Å². The second-order valence-corrected chi connectivity index (χ2v) is 4.11. The van der Waals surface area contributed by atoms with Crippen LogP contribution in [-0.2, 0) is 6.54 Å². The molecule has 0 saturated carbocycles. The van der Waals surface area contributed by atoms with Crippen molar-refractivity contribution >= 4 is 17.4 Å². The van der Waals surface area contributed by atoms with Gasteiger partial charge in [0.2, 0.25) is 0 Å². The third kappa shape index (κ3) is 3.68.